The Hall–Kier alpha value is -0.940. The molecule has 0 spiro atoms. The molecule has 1 fully saturated rings. The third-order valence-electron chi connectivity index (χ3n) is 3.81. The molecule has 2 rings (SSSR count). The minimum atomic E-state index is 0.510. The molecule has 1 aliphatic heterocycles. The van der Waals surface area contributed by atoms with Crippen LogP contribution in [0.4, 0.5) is 0 Å². The number of nitrogens with two attached hydrogens (primary N) is 1. The topological polar surface area (TPSA) is 60.0 Å². The summed E-state index contributed by atoms with van der Waals surface area (Å²) < 4.78 is 1.76. The maximum atomic E-state index is 5.89. The van der Waals surface area contributed by atoms with Crippen molar-refractivity contribution in [3.05, 3.63) is 11.9 Å². The molecule has 5 heteroatoms. The molecule has 1 aromatic rings. The van der Waals surface area contributed by atoms with E-state index in [1.807, 2.05) is 13.2 Å². The van der Waals surface area contributed by atoms with Crippen LogP contribution in [0.3, 0.4) is 0 Å². The Labute approximate surface area is 103 Å². The predicted octanol–water partition coefficient (Wildman–Crippen LogP) is 0.764. The van der Waals surface area contributed by atoms with Gasteiger partial charge < -0.3 is 5.73 Å². The van der Waals surface area contributed by atoms with Crippen molar-refractivity contribution in [1.82, 2.24) is 19.9 Å². The van der Waals surface area contributed by atoms with Crippen LogP contribution in [-0.2, 0) is 13.6 Å². The maximum absolute atomic E-state index is 5.89. The summed E-state index contributed by atoms with van der Waals surface area (Å²) in [5, 5.41) is 8.12. The lowest BCUT2D eigenvalue weighted by molar-refractivity contribution is 0.106. The highest BCUT2D eigenvalue weighted by Crippen LogP contribution is 2.25. The van der Waals surface area contributed by atoms with Crippen molar-refractivity contribution in [1.29, 1.82) is 0 Å². The third kappa shape index (κ3) is 3.04. The zero-order valence-corrected chi connectivity index (χ0v) is 10.8. The standard InChI is InChI=1S/C12H23N5/c1-3-10-4-5-17(12(6-10)7-13)9-11-8-16(2)15-14-11/h8,10,12H,3-7,9,13H2,1-2H3. The lowest BCUT2D eigenvalue weighted by Gasteiger charge is -2.38. The Balaban J connectivity index is 1.95. The fourth-order valence-electron chi connectivity index (χ4n) is 2.68. The van der Waals surface area contributed by atoms with Gasteiger partial charge in [-0.1, -0.05) is 18.6 Å². The molecule has 0 aromatic carbocycles. The number of aryl methyl sites for hydroxylation is 1. The van der Waals surface area contributed by atoms with Crippen LogP contribution in [0.5, 0.6) is 0 Å². The largest absolute Gasteiger partial charge is 0.329 e. The van der Waals surface area contributed by atoms with Crippen molar-refractivity contribution in [2.75, 3.05) is 13.1 Å². The SMILES string of the molecule is CCC1CCN(Cc2cn(C)nn2)C(CN)C1. The van der Waals surface area contributed by atoms with E-state index in [2.05, 4.69) is 22.1 Å². The van der Waals surface area contributed by atoms with Gasteiger partial charge in [0.2, 0.25) is 0 Å². The molecule has 2 unspecified atom stereocenters. The summed E-state index contributed by atoms with van der Waals surface area (Å²) in [7, 11) is 1.90. The highest BCUT2D eigenvalue weighted by molar-refractivity contribution is 4.94. The summed E-state index contributed by atoms with van der Waals surface area (Å²) in [4.78, 5) is 2.45. The van der Waals surface area contributed by atoms with E-state index < -0.39 is 0 Å². The van der Waals surface area contributed by atoms with E-state index >= 15 is 0 Å². The number of hydrogen-bond donors (Lipinski definition) is 1. The van der Waals surface area contributed by atoms with Gasteiger partial charge in [0.05, 0.1) is 5.69 Å². The first-order valence-electron chi connectivity index (χ1n) is 6.52. The quantitative estimate of drug-likeness (QED) is 0.840. The Bertz CT molecular complexity index is 348. The monoisotopic (exact) mass is 237 g/mol. The minimum Gasteiger partial charge on any atom is -0.329 e. The smallest absolute Gasteiger partial charge is 0.0967 e. The molecule has 2 heterocycles. The Kier molecular flexibility index (Phi) is 4.12. The summed E-state index contributed by atoms with van der Waals surface area (Å²) in [6.07, 6.45) is 5.77. The van der Waals surface area contributed by atoms with E-state index in [0.717, 1.165) is 31.2 Å². The molecule has 0 radical (unpaired) electrons. The average molecular weight is 237 g/mol. The van der Waals surface area contributed by atoms with Crippen molar-refractivity contribution in [2.24, 2.45) is 18.7 Å². The first-order valence-corrected chi connectivity index (χ1v) is 6.52. The maximum Gasteiger partial charge on any atom is 0.0967 e. The zero-order chi connectivity index (χ0) is 12.3. The molecule has 17 heavy (non-hydrogen) atoms. The fourth-order valence-corrected chi connectivity index (χ4v) is 2.68. The zero-order valence-electron chi connectivity index (χ0n) is 10.8. The molecule has 2 atom stereocenters. The third-order valence-corrected chi connectivity index (χ3v) is 3.81. The lowest BCUT2D eigenvalue weighted by Crippen LogP contribution is -2.46. The van der Waals surface area contributed by atoms with Crippen molar-refractivity contribution in [3.8, 4) is 0 Å². The number of rotatable bonds is 4. The van der Waals surface area contributed by atoms with Gasteiger partial charge in [-0.05, 0) is 25.3 Å². The molecule has 2 N–H and O–H groups in total. The van der Waals surface area contributed by atoms with Gasteiger partial charge in [0.25, 0.3) is 0 Å². The summed E-state index contributed by atoms with van der Waals surface area (Å²) >= 11 is 0. The first kappa shape index (κ1) is 12.5. The normalized spacial score (nSPS) is 26.3. The lowest BCUT2D eigenvalue weighted by atomic mass is 9.89. The van der Waals surface area contributed by atoms with Gasteiger partial charge in [0.15, 0.2) is 0 Å². The Morgan fingerprint density at radius 2 is 2.35 bits per heavy atom. The van der Waals surface area contributed by atoms with Crippen LogP contribution in [0, 0.1) is 5.92 Å². The van der Waals surface area contributed by atoms with Crippen molar-refractivity contribution < 1.29 is 0 Å². The van der Waals surface area contributed by atoms with Crippen LogP contribution < -0.4 is 5.73 Å². The minimum absolute atomic E-state index is 0.510. The van der Waals surface area contributed by atoms with Gasteiger partial charge in [-0.3, -0.25) is 9.58 Å². The van der Waals surface area contributed by atoms with Crippen LogP contribution in [0.15, 0.2) is 6.20 Å². The molecular formula is C12H23N5. The summed E-state index contributed by atoms with van der Waals surface area (Å²) in [6.45, 7) is 5.04. The molecule has 1 aliphatic rings. The van der Waals surface area contributed by atoms with Crippen molar-refractivity contribution in [2.45, 2.75) is 38.8 Å². The van der Waals surface area contributed by atoms with Crippen molar-refractivity contribution in [3.63, 3.8) is 0 Å². The van der Waals surface area contributed by atoms with Crippen molar-refractivity contribution >= 4 is 0 Å². The van der Waals surface area contributed by atoms with Crippen LogP contribution in [0.1, 0.15) is 31.9 Å². The molecule has 1 aromatic heterocycles. The second-order valence-corrected chi connectivity index (χ2v) is 5.04. The van der Waals surface area contributed by atoms with Gasteiger partial charge in [0.1, 0.15) is 0 Å². The molecule has 1 saturated heterocycles. The number of piperidine rings is 1. The van der Waals surface area contributed by atoms with E-state index in [9.17, 15) is 0 Å². The molecule has 0 amide bonds. The Morgan fingerprint density at radius 3 is 2.94 bits per heavy atom. The summed E-state index contributed by atoms with van der Waals surface area (Å²) in [5.41, 5.74) is 6.93. The predicted molar refractivity (Wildman–Crippen MR) is 67.3 cm³/mol. The van der Waals surface area contributed by atoms with Crippen LogP contribution in [0.2, 0.25) is 0 Å². The number of aromatic nitrogens is 3. The Morgan fingerprint density at radius 1 is 1.53 bits per heavy atom. The molecule has 0 saturated carbocycles. The number of hydrogen-bond acceptors (Lipinski definition) is 4. The highest BCUT2D eigenvalue weighted by Gasteiger charge is 2.26. The molecule has 0 aliphatic carbocycles. The van der Waals surface area contributed by atoms with Crippen LogP contribution in [-0.4, -0.2) is 39.0 Å². The van der Waals surface area contributed by atoms with E-state index in [1.165, 1.54) is 19.3 Å². The van der Waals surface area contributed by atoms with Gasteiger partial charge >= 0.3 is 0 Å². The van der Waals surface area contributed by atoms with Gasteiger partial charge in [-0.15, -0.1) is 5.10 Å². The average Bonchev–Trinajstić information content (AvgIpc) is 2.75. The van der Waals surface area contributed by atoms with E-state index in [-0.39, 0.29) is 0 Å². The van der Waals surface area contributed by atoms with E-state index in [4.69, 9.17) is 5.73 Å². The molecule has 96 valence electrons. The van der Waals surface area contributed by atoms with E-state index in [1.54, 1.807) is 4.68 Å². The summed E-state index contributed by atoms with van der Waals surface area (Å²) in [6, 6.07) is 0.510. The fraction of sp³-hybridized carbons (Fsp3) is 0.833. The molecule has 5 nitrogen and oxygen atoms in total. The highest BCUT2D eigenvalue weighted by atomic mass is 15.4. The van der Waals surface area contributed by atoms with Crippen LogP contribution in [0.25, 0.3) is 0 Å². The first-order chi connectivity index (χ1) is 8.22. The second kappa shape index (κ2) is 5.60. The van der Waals surface area contributed by atoms with Gasteiger partial charge in [0, 0.05) is 32.4 Å². The number of likely N-dealkylation sites (tertiary alicyclic amines) is 1. The summed E-state index contributed by atoms with van der Waals surface area (Å²) in [5.74, 6) is 0.849. The van der Waals surface area contributed by atoms with Gasteiger partial charge in [-0.25, -0.2) is 0 Å². The number of nitrogens with zero attached hydrogens (tertiary/aromatic N) is 4. The van der Waals surface area contributed by atoms with Gasteiger partial charge in [-0.2, -0.15) is 0 Å². The van der Waals surface area contributed by atoms with E-state index in [0.29, 0.717) is 6.04 Å². The second-order valence-electron chi connectivity index (χ2n) is 5.04. The molecular weight excluding hydrogens is 214 g/mol. The molecule has 0 bridgehead atoms. The van der Waals surface area contributed by atoms with Crippen LogP contribution >= 0.6 is 0 Å².